The largest absolute Gasteiger partial charge is 0.373 e. The first-order chi connectivity index (χ1) is 9.70. The van der Waals surface area contributed by atoms with Crippen LogP contribution >= 0.6 is 11.3 Å². The first kappa shape index (κ1) is 13.1. The highest BCUT2D eigenvalue weighted by molar-refractivity contribution is 7.10. The number of carbonyl (C=O) groups excluding carboxylic acids is 1. The smallest absolute Gasteiger partial charge is 0.273 e. The van der Waals surface area contributed by atoms with E-state index in [1.54, 1.807) is 24.5 Å². The molecule has 1 N–H and O–H groups in total. The molecule has 1 amide bonds. The summed E-state index contributed by atoms with van der Waals surface area (Å²) in [6.45, 7) is 2.85. The van der Waals surface area contributed by atoms with Crippen LogP contribution in [0.5, 0.6) is 0 Å². The van der Waals surface area contributed by atoms with Gasteiger partial charge in [0.15, 0.2) is 0 Å². The van der Waals surface area contributed by atoms with Gasteiger partial charge in [-0.3, -0.25) is 4.79 Å². The highest BCUT2D eigenvalue weighted by atomic mass is 32.1. The number of nitrogens with one attached hydrogen (secondary N) is 1. The number of hydrogen-bond acceptors (Lipinski definition) is 4. The molecule has 0 aliphatic carbocycles. The van der Waals surface area contributed by atoms with Crippen LogP contribution in [0.15, 0.2) is 29.6 Å². The zero-order chi connectivity index (χ0) is 14.1. The van der Waals surface area contributed by atoms with E-state index in [4.69, 9.17) is 0 Å². The summed E-state index contributed by atoms with van der Waals surface area (Å²) in [6.07, 6.45) is 0.939. The molecule has 1 aliphatic rings. The molecule has 0 radical (unpaired) electrons. The Labute approximate surface area is 122 Å². The molecule has 0 bridgehead atoms. The minimum atomic E-state index is 0.00597. The summed E-state index contributed by atoms with van der Waals surface area (Å²) >= 11 is 1.78. The van der Waals surface area contributed by atoms with Crippen LogP contribution in [0.3, 0.4) is 0 Å². The normalized spacial score (nSPS) is 17.7. The second-order valence-electron chi connectivity index (χ2n) is 4.88. The number of hydrogen-bond donors (Lipinski definition) is 1. The van der Waals surface area contributed by atoms with E-state index in [0.717, 1.165) is 18.8 Å². The monoisotopic (exact) mass is 287 g/mol. The van der Waals surface area contributed by atoms with E-state index in [2.05, 4.69) is 28.7 Å². The maximum absolute atomic E-state index is 12.6. The minimum absolute atomic E-state index is 0.00597. The lowest BCUT2D eigenvalue weighted by atomic mass is 10.0. The topological polar surface area (TPSA) is 45.2 Å². The molecule has 0 saturated carbocycles. The van der Waals surface area contributed by atoms with Gasteiger partial charge in [0.2, 0.25) is 0 Å². The molecule has 2 aromatic rings. The van der Waals surface area contributed by atoms with Gasteiger partial charge < -0.3 is 10.2 Å². The van der Waals surface area contributed by atoms with Gasteiger partial charge in [-0.05, 0) is 42.5 Å². The molecule has 20 heavy (non-hydrogen) atoms. The number of amides is 1. The van der Waals surface area contributed by atoms with Crippen molar-refractivity contribution < 1.29 is 4.79 Å². The zero-order valence-corrected chi connectivity index (χ0v) is 12.4. The molecule has 0 fully saturated rings. The predicted molar refractivity (Wildman–Crippen MR) is 81.3 cm³/mol. The van der Waals surface area contributed by atoms with Gasteiger partial charge in [0.1, 0.15) is 11.5 Å². The number of aromatic nitrogens is 1. The van der Waals surface area contributed by atoms with E-state index in [0.29, 0.717) is 5.69 Å². The van der Waals surface area contributed by atoms with E-state index in [-0.39, 0.29) is 11.9 Å². The Hall–Kier alpha value is -1.88. The highest BCUT2D eigenvalue weighted by Crippen LogP contribution is 2.33. The van der Waals surface area contributed by atoms with Crippen molar-refractivity contribution in [3.63, 3.8) is 0 Å². The molecule has 0 aromatic carbocycles. The number of thiophene rings is 1. The van der Waals surface area contributed by atoms with Crippen molar-refractivity contribution in [2.75, 3.05) is 18.9 Å². The number of rotatable bonds is 2. The molecule has 4 nitrogen and oxygen atoms in total. The maximum Gasteiger partial charge on any atom is 0.273 e. The van der Waals surface area contributed by atoms with Crippen LogP contribution < -0.4 is 5.32 Å². The third-order valence-corrected chi connectivity index (χ3v) is 4.76. The second-order valence-corrected chi connectivity index (χ2v) is 5.88. The molecule has 2 aromatic heterocycles. The van der Waals surface area contributed by atoms with Crippen LogP contribution in [0.1, 0.15) is 33.9 Å². The standard InChI is InChI=1S/C15H17N3OS/c1-10-11-7-9-20-13(11)6-8-18(10)15(19)12-4-3-5-14(16-2)17-12/h3-5,7,9-10H,6,8H2,1-2H3,(H,16,17). The van der Waals surface area contributed by atoms with E-state index in [1.807, 2.05) is 17.0 Å². The number of fused-ring (bicyclic) bond motifs is 1. The summed E-state index contributed by atoms with van der Waals surface area (Å²) in [4.78, 5) is 20.3. The van der Waals surface area contributed by atoms with Crippen molar-refractivity contribution in [2.45, 2.75) is 19.4 Å². The van der Waals surface area contributed by atoms with E-state index < -0.39 is 0 Å². The average molecular weight is 287 g/mol. The lowest BCUT2D eigenvalue weighted by Crippen LogP contribution is -2.38. The Morgan fingerprint density at radius 1 is 1.45 bits per heavy atom. The van der Waals surface area contributed by atoms with Gasteiger partial charge in [0, 0.05) is 18.5 Å². The van der Waals surface area contributed by atoms with Crippen LogP contribution in [0, 0.1) is 0 Å². The molecule has 3 rings (SSSR count). The van der Waals surface area contributed by atoms with Crippen LogP contribution in [-0.2, 0) is 6.42 Å². The lowest BCUT2D eigenvalue weighted by molar-refractivity contribution is 0.0673. The number of anilines is 1. The van der Waals surface area contributed by atoms with E-state index in [1.165, 1.54) is 10.4 Å². The Balaban J connectivity index is 1.88. The third-order valence-electron chi connectivity index (χ3n) is 3.76. The SMILES string of the molecule is CNc1cccc(C(=O)N2CCc3sccc3C2C)n1. The molecule has 1 unspecified atom stereocenters. The number of carbonyl (C=O) groups is 1. The molecule has 1 atom stereocenters. The zero-order valence-electron chi connectivity index (χ0n) is 11.6. The molecular weight excluding hydrogens is 270 g/mol. The lowest BCUT2D eigenvalue weighted by Gasteiger charge is -2.33. The van der Waals surface area contributed by atoms with Crippen molar-refractivity contribution in [3.05, 3.63) is 45.8 Å². The average Bonchev–Trinajstić information content (AvgIpc) is 2.96. The molecule has 104 valence electrons. The fraction of sp³-hybridized carbons (Fsp3) is 0.333. The summed E-state index contributed by atoms with van der Waals surface area (Å²) in [5.41, 5.74) is 1.78. The predicted octanol–water partition coefficient (Wildman–Crippen LogP) is 2.94. The Bertz CT molecular complexity index is 638. The molecule has 0 spiro atoms. The molecular formula is C15H17N3OS. The van der Waals surface area contributed by atoms with Gasteiger partial charge in [0.25, 0.3) is 5.91 Å². The van der Waals surface area contributed by atoms with Crippen LogP contribution in [0.25, 0.3) is 0 Å². The minimum Gasteiger partial charge on any atom is -0.373 e. The molecule has 3 heterocycles. The first-order valence-corrected chi connectivity index (χ1v) is 7.60. The fourth-order valence-corrected chi connectivity index (χ4v) is 3.59. The Morgan fingerprint density at radius 2 is 2.30 bits per heavy atom. The molecule has 1 aliphatic heterocycles. The number of pyridine rings is 1. The van der Waals surface area contributed by atoms with Gasteiger partial charge in [-0.15, -0.1) is 11.3 Å². The number of nitrogens with zero attached hydrogens (tertiary/aromatic N) is 2. The fourth-order valence-electron chi connectivity index (χ4n) is 2.63. The van der Waals surface area contributed by atoms with Gasteiger partial charge in [0.05, 0.1) is 6.04 Å². The van der Waals surface area contributed by atoms with Crippen molar-refractivity contribution in [3.8, 4) is 0 Å². The van der Waals surface area contributed by atoms with Crippen molar-refractivity contribution in [1.82, 2.24) is 9.88 Å². The maximum atomic E-state index is 12.6. The summed E-state index contributed by atoms with van der Waals surface area (Å²) in [5, 5.41) is 5.07. The Kier molecular flexibility index (Phi) is 3.44. The summed E-state index contributed by atoms with van der Waals surface area (Å²) in [7, 11) is 1.80. The second kappa shape index (κ2) is 5.25. The summed E-state index contributed by atoms with van der Waals surface area (Å²) in [6, 6.07) is 7.74. The van der Waals surface area contributed by atoms with Crippen molar-refractivity contribution in [1.29, 1.82) is 0 Å². The Morgan fingerprint density at radius 3 is 3.10 bits per heavy atom. The van der Waals surface area contributed by atoms with Crippen molar-refractivity contribution >= 4 is 23.1 Å². The third kappa shape index (κ3) is 2.18. The van der Waals surface area contributed by atoms with E-state index in [9.17, 15) is 4.79 Å². The quantitative estimate of drug-likeness (QED) is 0.923. The van der Waals surface area contributed by atoms with Gasteiger partial charge in [-0.25, -0.2) is 4.98 Å². The van der Waals surface area contributed by atoms with Crippen LogP contribution in [0.4, 0.5) is 5.82 Å². The van der Waals surface area contributed by atoms with Gasteiger partial charge in [-0.1, -0.05) is 6.07 Å². The highest BCUT2D eigenvalue weighted by Gasteiger charge is 2.29. The van der Waals surface area contributed by atoms with Crippen LogP contribution in [-0.4, -0.2) is 29.4 Å². The first-order valence-electron chi connectivity index (χ1n) is 6.72. The van der Waals surface area contributed by atoms with E-state index >= 15 is 0 Å². The molecule has 0 saturated heterocycles. The van der Waals surface area contributed by atoms with Crippen molar-refractivity contribution in [2.24, 2.45) is 0 Å². The summed E-state index contributed by atoms with van der Waals surface area (Å²) < 4.78 is 0. The van der Waals surface area contributed by atoms with Gasteiger partial charge >= 0.3 is 0 Å². The summed E-state index contributed by atoms with van der Waals surface area (Å²) in [5.74, 6) is 0.725. The van der Waals surface area contributed by atoms with Crippen LogP contribution in [0.2, 0.25) is 0 Å². The molecule has 5 heteroatoms. The van der Waals surface area contributed by atoms with Gasteiger partial charge in [-0.2, -0.15) is 0 Å².